The summed E-state index contributed by atoms with van der Waals surface area (Å²) in [5, 5.41) is 54.0. The Balaban J connectivity index is 2.06. The van der Waals surface area contributed by atoms with Gasteiger partial charge in [0.05, 0.1) is 25.4 Å². The van der Waals surface area contributed by atoms with Crippen LogP contribution >= 0.6 is 0 Å². The molecule has 0 radical (unpaired) electrons. The van der Waals surface area contributed by atoms with Crippen molar-refractivity contribution >= 4 is 5.91 Å². The summed E-state index contributed by atoms with van der Waals surface area (Å²) in [7, 11) is 0. The highest BCUT2D eigenvalue weighted by molar-refractivity contribution is 5.76. The summed E-state index contributed by atoms with van der Waals surface area (Å²) < 4.78 is 11.2. The van der Waals surface area contributed by atoms with Crippen molar-refractivity contribution in [3.05, 3.63) is 48.6 Å². The van der Waals surface area contributed by atoms with Crippen molar-refractivity contribution in [1.82, 2.24) is 5.32 Å². The summed E-state index contributed by atoms with van der Waals surface area (Å²) in [6.45, 7) is 3.67. The molecule has 374 valence electrons. The van der Waals surface area contributed by atoms with E-state index in [2.05, 4.69) is 55.6 Å². The van der Waals surface area contributed by atoms with Crippen LogP contribution in [0.3, 0.4) is 0 Å². The Bertz CT molecular complexity index is 1140. The normalized spacial score (nSPS) is 20.4. The second kappa shape index (κ2) is 45.0. The molecule has 0 spiro atoms. The van der Waals surface area contributed by atoms with Crippen LogP contribution in [0.2, 0.25) is 0 Å². The Hall–Kier alpha value is -1.85. The maximum atomic E-state index is 12.9. The van der Waals surface area contributed by atoms with Gasteiger partial charge in [0.1, 0.15) is 24.4 Å². The highest BCUT2D eigenvalue weighted by atomic mass is 16.7. The van der Waals surface area contributed by atoms with Gasteiger partial charge in [0.25, 0.3) is 0 Å². The SMILES string of the molecule is CCCC/C=C/CC/C=C/C(O)C(COC1OC(CO)C(O)C(O)C1O)NC(=O)CCCCCCCCCCCCCCCCCCCCCCC/C=C\C/C=C\CCCCCCC. The third-order valence-electron chi connectivity index (χ3n) is 12.6. The molecule has 0 saturated carbocycles. The Morgan fingerprint density at radius 2 is 0.953 bits per heavy atom. The van der Waals surface area contributed by atoms with Gasteiger partial charge >= 0.3 is 0 Å². The summed E-state index contributed by atoms with van der Waals surface area (Å²) in [6, 6.07) is -0.818. The molecule has 1 amide bonds. The predicted molar refractivity (Wildman–Crippen MR) is 267 cm³/mol. The zero-order valence-corrected chi connectivity index (χ0v) is 41.3. The van der Waals surface area contributed by atoms with Crippen LogP contribution < -0.4 is 5.32 Å². The number of carbonyl (C=O) groups excluding carboxylic acids is 1. The Kier molecular flexibility index (Phi) is 42.3. The fourth-order valence-corrected chi connectivity index (χ4v) is 8.31. The topological polar surface area (TPSA) is 149 Å². The van der Waals surface area contributed by atoms with Crippen molar-refractivity contribution in [1.29, 1.82) is 0 Å². The van der Waals surface area contributed by atoms with Gasteiger partial charge in [-0.3, -0.25) is 4.79 Å². The highest BCUT2D eigenvalue weighted by Crippen LogP contribution is 2.23. The predicted octanol–water partition coefficient (Wildman–Crippen LogP) is 12.6. The van der Waals surface area contributed by atoms with Crippen LogP contribution in [-0.4, -0.2) is 87.5 Å². The van der Waals surface area contributed by atoms with E-state index in [0.717, 1.165) is 51.4 Å². The largest absolute Gasteiger partial charge is 0.394 e. The van der Waals surface area contributed by atoms with E-state index >= 15 is 0 Å². The zero-order valence-electron chi connectivity index (χ0n) is 41.3. The number of aliphatic hydroxyl groups is 5. The summed E-state index contributed by atoms with van der Waals surface area (Å²) in [4.78, 5) is 12.9. The maximum absolute atomic E-state index is 12.9. The zero-order chi connectivity index (χ0) is 46.6. The number of unbranched alkanes of at least 4 members (excludes halogenated alkanes) is 29. The van der Waals surface area contributed by atoms with Crippen LogP contribution in [-0.2, 0) is 14.3 Å². The molecule has 1 heterocycles. The minimum absolute atomic E-state index is 0.188. The van der Waals surface area contributed by atoms with Crippen molar-refractivity contribution in [2.75, 3.05) is 13.2 Å². The van der Waals surface area contributed by atoms with E-state index in [0.29, 0.717) is 6.42 Å². The van der Waals surface area contributed by atoms with Crippen LogP contribution in [0.5, 0.6) is 0 Å². The van der Waals surface area contributed by atoms with Crippen molar-refractivity contribution in [3.63, 3.8) is 0 Å². The lowest BCUT2D eigenvalue weighted by Gasteiger charge is -2.40. The minimum Gasteiger partial charge on any atom is -0.394 e. The molecule has 1 rings (SSSR count). The van der Waals surface area contributed by atoms with Crippen LogP contribution in [0.15, 0.2) is 48.6 Å². The fraction of sp³-hybridized carbons (Fsp3) is 0.836. The summed E-state index contributed by atoms with van der Waals surface area (Å²) in [5.74, 6) is -0.188. The molecule has 64 heavy (non-hydrogen) atoms. The average molecular weight is 904 g/mol. The van der Waals surface area contributed by atoms with Gasteiger partial charge in [0.15, 0.2) is 6.29 Å². The average Bonchev–Trinajstić information content (AvgIpc) is 3.29. The smallest absolute Gasteiger partial charge is 0.220 e. The van der Waals surface area contributed by atoms with Gasteiger partial charge < -0.3 is 40.3 Å². The minimum atomic E-state index is -1.57. The van der Waals surface area contributed by atoms with Crippen molar-refractivity contribution < 1.29 is 39.8 Å². The van der Waals surface area contributed by atoms with Gasteiger partial charge in [-0.15, -0.1) is 0 Å². The second-order valence-electron chi connectivity index (χ2n) is 18.7. The Morgan fingerprint density at radius 3 is 1.45 bits per heavy atom. The van der Waals surface area contributed by atoms with E-state index < -0.39 is 49.5 Å². The second-order valence-corrected chi connectivity index (χ2v) is 18.7. The van der Waals surface area contributed by atoms with Gasteiger partial charge in [-0.2, -0.15) is 0 Å². The number of allylic oxidation sites excluding steroid dienone is 7. The van der Waals surface area contributed by atoms with E-state index in [4.69, 9.17) is 9.47 Å². The van der Waals surface area contributed by atoms with Gasteiger partial charge in [0, 0.05) is 6.42 Å². The molecule has 1 aliphatic rings. The Morgan fingerprint density at radius 1 is 0.531 bits per heavy atom. The first kappa shape index (κ1) is 60.2. The lowest BCUT2D eigenvalue weighted by molar-refractivity contribution is -0.302. The number of aliphatic hydroxyl groups excluding tert-OH is 5. The number of hydrogen-bond acceptors (Lipinski definition) is 8. The molecule has 6 N–H and O–H groups in total. The first-order chi connectivity index (χ1) is 31.3. The standard InChI is InChI=1S/C55H101NO8/c1-3-5-7-9-11-13-14-15-16-17-18-19-20-21-22-23-24-25-26-27-28-29-30-31-32-33-34-35-36-37-39-41-43-45-51(59)56-48(49(58)44-42-40-38-12-10-8-6-4-2)47-63-55-54(62)53(61)52(60)50(46-57)64-55/h10,12,14-15,17-18,42,44,48-50,52-55,57-58,60-62H,3-9,11,13,16,19-41,43,45-47H2,1-2H3,(H,56,59)/b12-10+,15-14-,18-17-,44-42+. The summed E-state index contributed by atoms with van der Waals surface area (Å²) in [6.07, 6.45) is 52.2. The maximum Gasteiger partial charge on any atom is 0.220 e. The monoisotopic (exact) mass is 904 g/mol. The molecule has 7 atom stereocenters. The molecule has 0 bridgehead atoms. The van der Waals surface area contributed by atoms with E-state index in [1.807, 2.05) is 6.08 Å². The molecule has 1 saturated heterocycles. The van der Waals surface area contributed by atoms with Crippen LogP contribution in [0.4, 0.5) is 0 Å². The molecular weight excluding hydrogens is 803 g/mol. The Labute approximate surface area is 393 Å². The third-order valence-corrected chi connectivity index (χ3v) is 12.6. The van der Waals surface area contributed by atoms with Gasteiger partial charge in [-0.25, -0.2) is 0 Å². The molecule has 9 heteroatoms. The van der Waals surface area contributed by atoms with Crippen molar-refractivity contribution in [2.24, 2.45) is 0 Å². The molecule has 1 aliphatic heterocycles. The van der Waals surface area contributed by atoms with E-state index in [-0.39, 0.29) is 12.5 Å². The number of nitrogens with one attached hydrogen (secondary N) is 1. The molecule has 0 aromatic carbocycles. The lowest BCUT2D eigenvalue weighted by atomic mass is 9.99. The van der Waals surface area contributed by atoms with Gasteiger partial charge in [-0.05, 0) is 57.8 Å². The van der Waals surface area contributed by atoms with E-state index in [1.54, 1.807) is 6.08 Å². The third kappa shape index (κ3) is 34.5. The summed E-state index contributed by atoms with van der Waals surface area (Å²) in [5.41, 5.74) is 0. The molecular formula is C55H101NO8. The molecule has 0 aromatic heterocycles. The summed E-state index contributed by atoms with van der Waals surface area (Å²) >= 11 is 0. The number of amides is 1. The highest BCUT2D eigenvalue weighted by Gasteiger charge is 2.44. The molecule has 0 aromatic rings. The van der Waals surface area contributed by atoms with Gasteiger partial charge in [-0.1, -0.05) is 223 Å². The number of ether oxygens (including phenoxy) is 2. The molecule has 9 nitrogen and oxygen atoms in total. The van der Waals surface area contributed by atoms with Crippen LogP contribution in [0.1, 0.15) is 239 Å². The lowest BCUT2D eigenvalue weighted by Crippen LogP contribution is -2.60. The van der Waals surface area contributed by atoms with E-state index in [9.17, 15) is 30.3 Å². The molecule has 7 unspecified atom stereocenters. The van der Waals surface area contributed by atoms with Crippen LogP contribution in [0, 0.1) is 0 Å². The van der Waals surface area contributed by atoms with Crippen LogP contribution in [0.25, 0.3) is 0 Å². The first-order valence-electron chi connectivity index (χ1n) is 26.9. The van der Waals surface area contributed by atoms with Crippen molar-refractivity contribution in [2.45, 2.75) is 281 Å². The fourth-order valence-electron chi connectivity index (χ4n) is 8.31. The number of carbonyl (C=O) groups is 1. The molecule has 0 aliphatic carbocycles. The van der Waals surface area contributed by atoms with Gasteiger partial charge in [0.2, 0.25) is 5.91 Å². The first-order valence-corrected chi connectivity index (χ1v) is 26.9. The van der Waals surface area contributed by atoms with Crippen molar-refractivity contribution in [3.8, 4) is 0 Å². The van der Waals surface area contributed by atoms with E-state index in [1.165, 1.54) is 167 Å². The molecule has 1 fully saturated rings. The quantitative estimate of drug-likeness (QED) is 0.0261. The number of hydrogen-bond donors (Lipinski definition) is 6. The number of rotatable bonds is 45.